The van der Waals surface area contributed by atoms with Crippen LogP contribution in [0, 0.1) is 0 Å². The summed E-state index contributed by atoms with van der Waals surface area (Å²) in [4.78, 5) is -0.0741. The Labute approximate surface area is 154 Å². The van der Waals surface area contributed by atoms with Gasteiger partial charge in [0.25, 0.3) is 10.1 Å². The highest BCUT2D eigenvalue weighted by Crippen LogP contribution is 2.23. The van der Waals surface area contributed by atoms with E-state index in [0.717, 1.165) is 20.2 Å². The number of nitrogens with zero attached hydrogens (tertiary/aromatic N) is 1. The van der Waals surface area contributed by atoms with Gasteiger partial charge in [0.2, 0.25) is 0 Å². The van der Waals surface area contributed by atoms with E-state index in [4.69, 9.17) is 9.76 Å². The molecule has 0 bridgehead atoms. The maximum absolute atomic E-state index is 10.4. The topological polar surface area (TPSA) is 87.0 Å². The van der Waals surface area contributed by atoms with Crippen molar-refractivity contribution in [1.29, 1.82) is 0 Å². The van der Waals surface area contributed by atoms with E-state index in [1.807, 2.05) is 48.5 Å². The van der Waals surface area contributed by atoms with E-state index < -0.39 is 10.1 Å². The molecule has 4 rings (SSSR count). The molecule has 0 amide bonds. The summed E-state index contributed by atoms with van der Waals surface area (Å²) < 4.78 is 31.5. The van der Waals surface area contributed by atoms with Crippen LogP contribution in [0.2, 0.25) is 0 Å². The van der Waals surface area contributed by atoms with Crippen molar-refractivity contribution in [3.8, 4) is 0 Å². The number of fused-ring (bicyclic) bond motifs is 2. The molecule has 4 aromatic rings. The van der Waals surface area contributed by atoms with Crippen molar-refractivity contribution in [3.05, 3.63) is 84.2 Å². The molecule has 1 aromatic heterocycles. The van der Waals surface area contributed by atoms with Crippen molar-refractivity contribution < 1.29 is 18.2 Å². The summed E-state index contributed by atoms with van der Waals surface area (Å²) in [5.74, 6) is 0. The van der Waals surface area contributed by atoms with Gasteiger partial charge in [0.1, 0.15) is 5.36 Å². The Balaban J connectivity index is 0.000000170. The van der Waals surface area contributed by atoms with Gasteiger partial charge in [-0.3, -0.25) is 4.55 Å². The minimum absolute atomic E-state index is 0.0741. The molecule has 3 aromatic carbocycles. The quantitative estimate of drug-likeness (QED) is 0.222. The average Bonchev–Trinajstić information content (AvgIpc) is 2.66. The van der Waals surface area contributed by atoms with Crippen LogP contribution in [0.15, 0.2) is 88.9 Å². The second kappa shape index (κ2) is 7.65. The highest BCUT2D eigenvalue weighted by molar-refractivity contribution is 7.85. The normalized spacial score (nSPS) is 11.0. The summed E-state index contributed by atoms with van der Waals surface area (Å²) >= 11 is 1.71. The van der Waals surface area contributed by atoms with Crippen LogP contribution in [0.1, 0.15) is 0 Å². The Morgan fingerprint density at radius 1 is 0.731 bits per heavy atom. The summed E-state index contributed by atoms with van der Waals surface area (Å²) in [6.07, 6.45) is 0. The molecule has 0 fully saturated rings. The molecule has 0 spiro atoms. The predicted molar refractivity (Wildman–Crippen MR) is 103 cm³/mol. The van der Waals surface area contributed by atoms with Crippen LogP contribution in [0.3, 0.4) is 0 Å². The smallest absolute Gasteiger partial charge is 0.294 e. The number of benzene rings is 3. The Bertz CT molecular complexity index is 1160. The summed E-state index contributed by atoms with van der Waals surface area (Å²) in [7, 11) is -4.00. The molecule has 0 saturated carbocycles. The molecule has 5 nitrogen and oxygen atoms in total. The monoisotopic (exact) mass is 385 g/mol. The van der Waals surface area contributed by atoms with Crippen LogP contribution in [-0.2, 0) is 10.1 Å². The SMILES string of the molecule is O=S(=O)(O)c1ccccc1.ON=c1c2ccccc2sc2ccccc12. The minimum atomic E-state index is -4.00. The van der Waals surface area contributed by atoms with Gasteiger partial charge in [-0.05, 0) is 24.3 Å². The first kappa shape index (κ1) is 18.1. The molecule has 0 unspecified atom stereocenters. The van der Waals surface area contributed by atoms with Crippen molar-refractivity contribution in [3.63, 3.8) is 0 Å². The van der Waals surface area contributed by atoms with Crippen LogP contribution < -0.4 is 5.36 Å². The summed E-state index contributed by atoms with van der Waals surface area (Å²) in [6, 6.07) is 23.4. The Hall–Kier alpha value is -2.74. The van der Waals surface area contributed by atoms with Crippen molar-refractivity contribution in [2.24, 2.45) is 5.16 Å². The van der Waals surface area contributed by atoms with E-state index in [1.165, 1.54) is 12.1 Å². The fourth-order valence-electron chi connectivity index (χ4n) is 2.47. The second-order valence-corrected chi connectivity index (χ2v) is 7.84. The molecule has 26 heavy (non-hydrogen) atoms. The molecule has 0 aliphatic rings. The zero-order valence-corrected chi connectivity index (χ0v) is 15.1. The van der Waals surface area contributed by atoms with Gasteiger partial charge in [-0.25, -0.2) is 0 Å². The predicted octanol–water partition coefficient (Wildman–Crippen LogP) is 4.28. The minimum Gasteiger partial charge on any atom is -0.410 e. The Kier molecular flexibility index (Phi) is 5.32. The molecule has 132 valence electrons. The maximum atomic E-state index is 10.4. The molecule has 2 N–H and O–H groups in total. The maximum Gasteiger partial charge on any atom is 0.294 e. The molecule has 7 heteroatoms. The highest BCUT2D eigenvalue weighted by Gasteiger charge is 2.05. The van der Waals surface area contributed by atoms with Gasteiger partial charge in [-0.1, -0.05) is 59.8 Å². The lowest BCUT2D eigenvalue weighted by molar-refractivity contribution is 0.304. The summed E-state index contributed by atoms with van der Waals surface area (Å²) in [5, 5.41) is 15.2. The third-order valence-corrected chi connectivity index (χ3v) is 5.67. The summed E-state index contributed by atoms with van der Waals surface area (Å²) in [5.41, 5.74) is 0. The van der Waals surface area contributed by atoms with E-state index >= 15 is 0 Å². The fourth-order valence-corrected chi connectivity index (χ4v) is 4.05. The van der Waals surface area contributed by atoms with Crippen LogP contribution >= 0.6 is 11.3 Å². The zero-order chi connectivity index (χ0) is 18.6. The van der Waals surface area contributed by atoms with E-state index in [9.17, 15) is 8.42 Å². The highest BCUT2D eigenvalue weighted by atomic mass is 32.2. The van der Waals surface area contributed by atoms with Gasteiger partial charge < -0.3 is 5.21 Å². The van der Waals surface area contributed by atoms with E-state index in [0.29, 0.717) is 5.36 Å². The van der Waals surface area contributed by atoms with Gasteiger partial charge in [0.05, 0.1) is 4.90 Å². The third-order valence-electron chi connectivity index (χ3n) is 3.65. The van der Waals surface area contributed by atoms with Crippen LogP contribution in [0.5, 0.6) is 0 Å². The number of hydrogen-bond acceptors (Lipinski definition) is 5. The molecule has 1 heterocycles. The molecular formula is C19H15NO4S2. The number of rotatable bonds is 1. The third kappa shape index (κ3) is 3.91. The number of hydrogen-bond donors (Lipinski definition) is 2. The lowest BCUT2D eigenvalue weighted by atomic mass is 10.2. The van der Waals surface area contributed by atoms with Gasteiger partial charge in [-0.2, -0.15) is 8.42 Å². The van der Waals surface area contributed by atoms with Crippen molar-refractivity contribution in [1.82, 2.24) is 0 Å². The van der Waals surface area contributed by atoms with E-state index in [2.05, 4.69) is 5.16 Å². The lowest BCUT2D eigenvalue weighted by Gasteiger charge is -2.01. The van der Waals surface area contributed by atoms with E-state index in [-0.39, 0.29) is 4.90 Å². The van der Waals surface area contributed by atoms with E-state index in [1.54, 1.807) is 29.5 Å². The Morgan fingerprint density at radius 3 is 1.62 bits per heavy atom. The first-order chi connectivity index (χ1) is 12.5. The lowest BCUT2D eigenvalue weighted by Crippen LogP contribution is -2.03. The molecular weight excluding hydrogens is 370 g/mol. The summed E-state index contributed by atoms with van der Waals surface area (Å²) in [6.45, 7) is 0. The first-order valence-electron chi connectivity index (χ1n) is 7.62. The van der Waals surface area contributed by atoms with Crippen molar-refractivity contribution in [2.45, 2.75) is 4.90 Å². The standard InChI is InChI=1S/C13H9NOS.C6H6O3S/c15-14-13-9-5-1-3-7-11(9)16-12-8-4-2-6-10(12)13;7-10(8,9)6-4-2-1-3-5-6/h1-8,15H;1-5H,(H,7,8,9). The molecule has 0 radical (unpaired) electrons. The zero-order valence-electron chi connectivity index (χ0n) is 13.5. The molecule has 0 atom stereocenters. The van der Waals surface area contributed by atoms with Crippen molar-refractivity contribution >= 4 is 41.6 Å². The second-order valence-electron chi connectivity index (χ2n) is 5.33. The molecule has 0 saturated heterocycles. The van der Waals surface area contributed by atoms with Crippen LogP contribution in [-0.4, -0.2) is 18.2 Å². The molecule has 0 aliphatic heterocycles. The van der Waals surface area contributed by atoms with Gasteiger partial charge in [0, 0.05) is 20.2 Å². The van der Waals surface area contributed by atoms with Gasteiger partial charge in [0.15, 0.2) is 0 Å². The fraction of sp³-hybridized carbons (Fsp3) is 0. The van der Waals surface area contributed by atoms with Crippen LogP contribution in [0.25, 0.3) is 20.2 Å². The average molecular weight is 385 g/mol. The largest absolute Gasteiger partial charge is 0.410 e. The Morgan fingerprint density at radius 2 is 1.19 bits per heavy atom. The first-order valence-corrected chi connectivity index (χ1v) is 9.87. The van der Waals surface area contributed by atoms with Gasteiger partial charge >= 0.3 is 0 Å². The van der Waals surface area contributed by atoms with Gasteiger partial charge in [-0.15, -0.1) is 11.3 Å². The van der Waals surface area contributed by atoms with Crippen molar-refractivity contribution in [2.75, 3.05) is 0 Å². The molecule has 0 aliphatic carbocycles. The van der Waals surface area contributed by atoms with Crippen LogP contribution in [0.4, 0.5) is 0 Å².